The summed E-state index contributed by atoms with van der Waals surface area (Å²) in [6.07, 6.45) is 0. The van der Waals surface area contributed by atoms with Crippen molar-refractivity contribution in [2.75, 3.05) is 0 Å². The summed E-state index contributed by atoms with van der Waals surface area (Å²) in [5, 5.41) is 0.870. The van der Waals surface area contributed by atoms with E-state index in [0.717, 1.165) is 16.1 Å². The molecule has 0 atom stereocenters. The first-order valence-corrected chi connectivity index (χ1v) is 6.16. The predicted molar refractivity (Wildman–Crippen MR) is 72.0 cm³/mol. The number of thiazole rings is 1. The SMILES string of the molecule is C(#Cc1nc2ccccc2s1)c1ccccc1. The zero-order valence-electron chi connectivity index (χ0n) is 9.05. The third kappa shape index (κ3) is 2.20. The van der Waals surface area contributed by atoms with Gasteiger partial charge in [0.1, 0.15) is 0 Å². The summed E-state index contributed by atoms with van der Waals surface area (Å²) in [6.45, 7) is 0. The molecule has 17 heavy (non-hydrogen) atoms. The van der Waals surface area contributed by atoms with Crippen LogP contribution >= 0.6 is 11.3 Å². The Hall–Kier alpha value is -2.11. The Morgan fingerprint density at radius 2 is 1.59 bits per heavy atom. The van der Waals surface area contributed by atoms with Gasteiger partial charge in [0.25, 0.3) is 0 Å². The van der Waals surface area contributed by atoms with Crippen LogP contribution in [0.2, 0.25) is 0 Å². The molecule has 0 bridgehead atoms. The lowest BCUT2D eigenvalue weighted by Crippen LogP contribution is -1.73. The Bertz CT molecular complexity index is 669. The minimum absolute atomic E-state index is 0.870. The topological polar surface area (TPSA) is 12.9 Å². The lowest BCUT2D eigenvalue weighted by molar-refractivity contribution is 1.45. The van der Waals surface area contributed by atoms with E-state index < -0.39 is 0 Å². The number of hydrogen-bond acceptors (Lipinski definition) is 2. The van der Waals surface area contributed by atoms with Crippen LogP contribution in [0.3, 0.4) is 0 Å². The maximum absolute atomic E-state index is 4.47. The second kappa shape index (κ2) is 4.40. The van der Waals surface area contributed by atoms with E-state index in [1.165, 1.54) is 4.70 Å². The second-order valence-corrected chi connectivity index (χ2v) is 4.63. The molecular weight excluding hydrogens is 226 g/mol. The van der Waals surface area contributed by atoms with Gasteiger partial charge in [-0.2, -0.15) is 0 Å². The molecule has 0 amide bonds. The Morgan fingerprint density at radius 1 is 0.824 bits per heavy atom. The second-order valence-electron chi connectivity index (χ2n) is 3.60. The third-order valence-electron chi connectivity index (χ3n) is 2.38. The minimum atomic E-state index is 0.870. The first-order valence-electron chi connectivity index (χ1n) is 5.34. The van der Waals surface area contributed by atoms with E-state index >= 15 is 0 Å². The van der Waals surface area contributed by atoms with Crippen molar-refractivity contribution in [3.05, 3.63) is 65.2 Å². The van der Waals surface area contributed by atoms with Crippen LogP contribution in [0.5, 0.6) is 0 Å². The zero-order chi connectivity index (χ0) is 11.5. The summed E-state index contributed by atoms with van der Waals surface area (Å²) in [6, 6.07) is 18.1. The fourth-order valence-electron chi connectivity index (χ4n) is 1.57. The molecule has 1 aromatic heterocycles. The van der Waals surface area contributed by atoms with Gasteiger partial charge in [-0.25, -0.2) is 4.98 Å². The molecule has 1 nitrogen and oxygen atoms in total. The van der Waals surface area contributed by atoms with Gasteiger partial charge >= 0.3 is 0 Å². The number of benzene rings is 2. The van der Waals surface area contributed by atoms with Crippen molar-refractivity contribution in [2.45, 2.75) is 0 Å². The van der Waals surface area contributed by atoms with Crippen LogP contribution in [0, 0.1) is 11.8 Å². The molecule has 0 aliphatic heterocycles. The molecule has 2 heteroatoms. The molecule has 0 saturated heterocycles. The first kappa shape index (κ1) is 10.1. The van der Waals surface area contributed by atoms with Gasteiger partial charge < -0.3 is 0 Å². The Morgan fingerprint density at radius 3 is 2.41 bits per heavy atom. The number of hydrogen-bond donors (Lipinski definition) is 0. The molecule has 1 heterocycles. The van der Waals surface area contributed by atoms with E-state index in [0.29, 0.717) is 0 Å². The molecule has 0 fully saturated rings. The summed E-state index contributed by atoms with van der Waals surface area (Å²) < 4.78 is 1.19. The van der Waals surface area contributed by atoms with Crippen LogP contribution in [0.25, 0.3) is 10.2 Å². The number of para-hydroxylation sites is 1. The standard InChI is InChI=1S/C15H9NS/c1-2-6-12(7-3-1)10-11-15-16-13-8-4-5-9-14(13)17-15/h1-9H. The van der Waals surface area contributed by atoms with E-state index in [4.69, 9.17) is 0 Å². The van der Waals surface area contributed by atoms with Crippen molar-refractivity contribution in [3.63, 3.8) is 0 Å². The van der Waals surface area contributed by atoms with Gasteiger partial charge in [0.15, 0.2) is 5.01 Å². The van der Waals surface area contributed by atoms with Crippen molar-refractivity contribution in [2.24, 2.45) is 0 Å². The smallest absolute Gasteiger partial charge is 0.168 e. The minimum Gasteiger partial charge on any atom is -0.228 e. The van der Waals surface area contributed by atoms with Crippen LogP contribution in [-0.4, -0.2) is 4.98 Å². The number of rotatable bonds is 0. The third-order valence-corrected chi connectivity index (χ3v) is 3.33. The monoisotopic (exact) mass is 235 g/mol. The molecule has 80 valence electrons. The van der Waals surface area contributed by atoms with E-state index in [2.05, 4.69) is 22.9 Å². The van der Waals surface area contributed by atoms with Crippen LogP contribution in [0.4, 0.5) is 0 Å². The fraction of sp³-hybridized carbons (Fsp3) is 0. The van der Waals surface area contributed by atoms with E-state index in [-0.39, 0.29) is 0 Å². The van der Waals surface area contributed by atoms with E-state index in [1.807, 2.05) is 48.5 Å². The maximum atomic E-state index is 4.47. The normalized spacial score (nSPS) is 9.88. The molecule has 2 aromatic carbocycles. The Balaban J connectivity index is 1.98. The van der Waals surface area contributed by atoms with Crippen molar-refractivity contribution < 1.29 is 0 Å². The van der Waals surface area contributed by atoms with Gasteiger partial charge in [-0.3, -0.25) is 0 Å². The highest BCUT2D eigenvalue weighted by Crippen LogP contribution is 2.20. The van der Waals surface area contributed by atoms with Crippen LogP contribution in [-0.2, 0) is 0 Å². The summed E-state index contributed by atoms with van der Waals surface area (Å²) in [5.41, 5.74) is 2.04. The molecule has 3 rings (SSSR count). The summed E-state index contributed by atoms with van der Waals surface area (Å²) in [4.78, 5) is 4.47. The summed E-state index contributed by atoms with van der Waals surface area (Å²) >= 11 is 1.63. The molecule has 3 aromatic rings. The van der Waals surface area contributed by atoms with Gasteiger partial charge in [0.05, 0.1) is 10.2 Å². The van der Waals surface area contributed by atoms with Crippen LogP contribution in [0.15, 0.2) is 54.6 Å². The number of fused-ring (bicyclic) bond motifs is 1. The van der Waals surface area contributed by atoms with Crippen molar-refractivity contribution in [1.29, 1.82) is 0 Å². The van der Waals surface area contributed by atoms with Gasteiger partial charge in [-0.05, 0) is 30.2 Å². The number of nitrogens with zero attached hydrogens (tertiary/aromatic N) is 1. The highest BCUT2D eigenvalue weighted by molar-refractivity contribution is 7.19. The average molecular weight is 235 g/mol. The predicted octanol–water partition coefficient (Wildman–Crippen LogP) is 3.70. The lowest BCUT2D eigenvalue weighted by Gasteiger charge is -1.84. The maximum Gasteiger partial charge on any atom is 0.168 e. The molecule has 0 saturated carbocycles. The summed E-state index contributed by atoms with van der Waals surface area (Å²) in [5.74, 6) is 6.23. The fourth-order valence-corrected chi connectivity index (χ4v) is 2.39. The average Bonchev–Trinajstić information content (AvgIpc) is 2.80. The van der Waals surface area contributed by atoms with Crippen LogP contribution < -0.4 is 0 Å². The van der Waals surface area contributed by atoms with Gasteiger partial charge in [-0.15, -0.1) is 11.3 Å². The van der Waals surface area contributed by atoms with Gasteiger partial charge in [-0.1, -0.05) is 36.3 Å². The van der Waals surface area contributed by atoms with Crippen molar-refractivity contribution in [3.8, 4) is 11.8 Å². The zero-order valence-corrected chi connectivity index (χ0v) is 9.87. The number of aromatic nitrogens is 1. The quantitative estimate of drug-likeness (QED) is 0.541. The first-order chi connectivity index (χ1) is 8.42. The molecule has 0 unspecified atom stereocenters. The highest BCUT2D eigenvalue weighted by atomic mass is 32.1. The van der Waals surface area contributed by atoms with Gasteiger partial charge in [0, 0.05) is 5.56 Å². The molecule has 0 spiro atoms. The van der Waals surface area contributed by atoms with Crippen LogP contribution in [0.1, 0.15) is 10.6 Å². The van der Waals surface area contributed by atoms with E-state index in [1.54, 1.807) is 11.3 Å². The van der Waals surface area contributed by atoms with Crippen molar-refractivity contribution >= 4 is 21.6 Å². The molecule has 0 aliphatic rings. The molecule has 0 aliphatic carbocycles. The molecular formula is C15H9NS. The molecule has 0 radical (unpaired) electrons. The Labute approximate surface area is 104 Å². The largest absolute Gasteiger partial charge is 0.228 e. The molecule has 0 N–H and O–H groups in total. The van der Waals surface area contributed by atoms with Crippen molar-refractivity contribution in [1.82, 2.24) is 4.98 Å². The highest BCUT2D eigenvalue weighted by Gasteiger charge is 1.98. The van der Waals surface area contributed by atoms with E-state index in [9.17, 15) is 0 Å². The Kier molecular flexibility index (Phi) is 2.61. The van der Waals surface area contributed by atoms with Gasteiger partial charge in [0.2, 0.25) is 0 Å². The summed E-state index contributed by atoms with van der Waals surface area (Å²) in [7, 11) is 0. The lowest BCUT2D eigenvalue weighted by atomic mass is 10.2.